The Morgan fingerprint density at radius 2 is 0.591 bits per heavy atom. The fraction of sp³-hybridized carbons (Fsp3) is 0.135. The molecule has 0 bridgehead atoms. The molecule has 0 aliphatic carbocycles. The van der Waals surface area contributed by atoms with Gasteiger partial charge in [-0.05, 0) is 147 Å². The molecule has 8 aromatic carbocycles. The molecular weight excluding hydrogens is 1540 g/mol. The van der Waals surface area contributed by atoms with E-state index in [0.717, 1.165) is 41.2 Å². The van der Waals surface area contributed by atoms with Crippen LogP contribution < -0.4 is 53.7 Å². The summed E-state index contributed by atoms with van der Waals surface area (Å²) in [6, 6.07) is 42.0. The predicted molar refractivity (Wildman–Crippen MR) is 410 cm³/mol. The summed E-state index contributed by atoms with van der Waals surface area (Å²) in [6.45, 7) is 9.50. The lowest BCUT2D eigenvalue weighted by Gasteiger charge is -2.11. The van der Waals surface area contributed by atoms with E-state index in [1.165, 1.54) is 83.4 Å². The zero-order valence-electron chi connectivity index (χ0n) is 60.5. The second-order valence-electron chi connectivity index (χ2n) is 24.5. The monoisotopic (exact) mass is 1600 g/mol. The molecule has 16 aromatic rings. The number of nitrogens with two attached hydrogens (primary N) is 4. The smallest absolute Gasteiger partial charge is 0.406 e. The van der Waals surface area contributed by atoms with Crippen LogP contribution in [0.15, 0.2) is 170 Å². The molecule has 115 heavy (non-hydrogen) atoms. The van der Waals surface area contributed by atoms with Gasteiger partial charge in [-0.25, -0.2) is 37.5 Å². The maximum Gasteiger partial charge on any atom is 0.573 e. The minimum absolute atomic E-state index is 0.0387. The zero-order valence-corrected chi connectivity index (χ0v) is 61.3. The molecule has 12 N–H and O–H groups in total. The molecule has 8 heterocycles. The Morgan fingerprint density at radius 1 is 0.330 bits per heavy atom. The van der Waals surface area contributed by atoms with Crippen molar-refractivity contribution in [3.05, 3.63) is 227 Å². The van der Waals surface area contributed by atoms with E-state index in [4.69, 9.17) is 34.5 Å². The summed E-state index contributed by atoms with van der Waals surface area (Å²) in [7, 11) is 0. The lowest BCUT2D eigenvalue weighted by Crippen LogP contribution is -2.17. The number of fused-ring (bicyclic) bond motifs is 4. The van der Waals surface area contributed by atoms with Crippen LogP contribution in [-0.2, 0) is 19.3 Å². The summed E-state index contributed by atoms with van der Waals surface area (Å²) in [5.74, 6) is 1.47. The van der Waals surface area contributed by atoms with E-state index in [0.29, 0.717) is 115 Å². The van der Waals surface area contributed by atoms with Crippen LogP contribution >= 0.6 is 11.6 Å². The van der Waals surface area contributed by atoms with Gasteiger partial charge >= 0.3 is 12.7 Å². The third-order valence-corrected chi connectivity index (χ3v) is 16.5. The molecule has 0 atom stereocenters. The van der Waals surface area contributed by atoms with Crippen molar-refractivity contribution >= 4 is 126 Å². The molecule has 41 heteroatoms. The van der Waals surface area contributed by atoms with E-state index in [1.54, 1.807) is 63.1 Å². The van der Waals surface area contributed by atoms with E-state index in [-0.39, 0.29) is 82.6 Å². The molecule has 0 saturated carbocycles. The van der Waals surface area contributed by atoms with Crippen molar-refractivity contribution in [2.75, 3.05) is 44.2 Å². The molecule has 30 nitrogen and oxygen atoms in total. The van der Waals surface area contributed by atoms with Gasteiger partial charge in [0.2, 0.25) is 71.4 Å². The Balaban J connectivity index is 0.000000134. The number of ether oxygens (including phenoxy) is 2. The third-order valence-electron chi connectivity index (χ3n) is 16.3. The zero-order chi connectivity index (χ0) is 81.6. The van der Waals surface area contributed by atoms with Crippen molar-refractivity contribution in [2.24, 2.45) is 0 Å². The van der Waals surface area contributed by atoms with E-state index in [2.05, 4.69) is 110 Å². The van der Waals surface area contributed by atoms with E-state index < -0.39 is 24.4 Å². The first-order chi connectivity index (χ1) is 54.9. The lowest BCUT2D eigenvalue weighted by atomic mass is 10.2. The number of nitrogens with one attached hydrogen (secondary N) is 4. The van der Waals surface area contributed by atoms with Gasteiger partial charge in [-0.3, -0.25) is 18.3 Å². The van der Waals surface area contributed by atoms with Crippen molar-refractivity contribution in [1.29, 1.82) is 0 Å². The Morgan fingerprint density at radius 3 is 0.878 bits per heavy atom. The first-order valence-corrected chi connectivity index (χ1v) is 34.7. The second kappa shape index (κ2) is 33.1. The number of benzene rings is 8. The number of rotatable bonds is 17. The topological polar surface area (TPSA) is 397 Å². The quantitative estimate of drug-likeness (QED) is 0.0393. The summed E-state index contributed by atoms with van der Waals surface area (Å²) in [5, 5.41) is 12.5. The number of anilines is 12. The Kier molecular flexibility index (Phi) is 22.5. The highest BCUT2D eigenvalue weighted by Gasteiger charge is 2.32. The first-order valence-electron chi connectivity index (χ1n) is 34.3. The summed E-state index contributed by atoms with van der Waals surface area (Å²) < 4.78 is 143. The van der Waals surface area contributed by atoms with Crippen LogP contribution in [0.5, 0.6) is 11.5 Å². The highest BCUT2D eigenvalue weighted by molar-refractivity contribution is 6.30. The molecule has 0 aliphatic rings. The third kappa shape index (κ3) is 19.2. The fourth-order valence-electron chi connectivity index (χ4n) is 11.4. The number of nitrogen functional groups attached to an aromatic ring is 4. The number of hydrogen-bond acceptors (Lipinski definition) is 26. The van der Waals surface area contributed by atoms with Gasteiger partial charge in [0.1, 0.15) is 58.1 Å². The van der Waals surface area contributed by atoms with Crippen molar-refractivity contribution in [3.63, 3.8) is 0 Å². The number of aryl methyl sites for hydroxylation is 5. The van der Waals surface area contributed by atoms with Crippen LogP contribution in [0, 0.1) is 37.1 Å². The molecule has 0 amide bonds. The minimum atomic E-state index is -4.78. The number of hydrogen-bond donors (Lipinski definition) is 8. The van der Waals surface area contributed by atoms with Gasteiger partial charge < -0.3 is 53.7 Å². The summed E-state index contributed by atoms with van der Waals surface area (Å²) in [6.07, 6.45) is -7.80. The molecule has 8 aromatic heterocycles. The van der Waals surface area contributed by atoms with Gasteiger partial charge in [-0.2, -0.15) is 59.8 Å². The molecule has 586 valence electrons. The maximum absolute atomic E-state index is 13.8. The van der Waals surface area contributed by atoms with Crippen molar-refractivity contribution in [3.8, 4) is 35.3 Å². The standard InChI is InChI=1S/C19H15F4N7O.C19H18FN7.C18H15ClFN7.C18H13F4N7O/c1-2-15-26-13-8-3-10(20)9-14(13)30(15)18-28-16(24)27-17(29-18)25-11-4-6-12(7-5-11)31-19(21,22)23;1-3-16-23-14-9-6-12(20)10-15(14)27(16)19-25-17(21)24-18(26-19)22-13-7-4-11(2)5-8-13;1-2-15-23-13-8-5-11(20)9-14(13)27(15)18-25-16(21)24-17(26-18)22-12-6-3-10(19)4-7-12;1-9-24-13-7-2-10(19)8-14(13)29(9)17-27-15(23)26-16(28-17)25-11-3-5-12(6-4-11)30-18(20,21)22/h3-9H,2H2,1H3,(H3,24,25,27,28,29);4-10H,3H2,1-2H3,(H3,21,22,24,25,26);3-9H,2H2,1H3,(H3,21,22,24,25,26);2-8H,1H3,(H3,23,25,26,27,28). The van der Waals surface area contributed by atoms with E-state index in [9.17, 15) is 43.9 Å². The SMILES string of the molecule is CCc1nc2ccc(F)cc2n1-c1nc(N)nc(Nc2ccc(C)cc2)n1.CCc1nc2ccc(F)cc2n1-c1nc(N)nc(Nc2ccc(Cl)cc2)n1.CCc1nc2ccc(F)cc2n1-c1nc(N)nc(Nc2ccc(OC(F)(F)F)cc2)n1.Cc1nc2ccc(F)cc2n1-c1nc(N)nc(Nc2ccc(OC(F)(F)F)cc2)n1. The van der Waals surface area contributed by atoms with Crippen LogP contribution in [0.3, 0.4) is 0 Å². The molecule has 0 saturated heterocycles. The molecule has 0 radical (unpaired) electrons. The van der Waals surface area contributed by atoms with Gasteiger partial charge in [0, 0.05) is 71.3 Å². The van der Waals surface area contributed by atoms with Crippen LogP contribution in [0.1, 0.15) is 49.6 Å². The van der Waals surface area contributed by atoms with Gasteiger partial charge in [-0.15, -0.1) is 26.3 Å². The summed E-state index contributed by atoms with van der Waals surface area (Å²) in [5.41, 5.74) is 31.4. The highest BCUT2D eigenvalue weighted by Crippen LogP contribution is 2.32. The Bertz CT molecular complexity index is 6030. The molecule has 16 rings (SSSR count). The summed E-state index contributed by atoms with van der Waals surface area (Å²) in [4.78, 5) is 68.3. The van der Waals surface area contributed by atoms with Gasteiger partial charge in [0.15, 0.2) is 0 Å². The van der Waals surface area contributed by atoms with Crippen LogP contribution in [-0.4, -0.2) is 111 Å². The Labute approximate surface area is 647 Å². The maximum atomic E-state index is 13.8. The number of nitrogens with zero attached hydrogens (tertiary/aromatic N) is 20. The average molecular weight is 1600 g/mol. The van der Waals surface area contributed by atoms with Crippen molar-refractivity contribution in [1.82, 2.24) is 98.0 Å². The van der Waals surface area contributed by atoms with Gasteiger partial charge in [0.25, 0.3) is 0 Å². The largest absolute Gasteiger partial charge is 0.573 e. The van der Waals surface area contributed by atoms with Crippen LogP contribution in [0.2, 0.25) is 5.02 Å². The number of aromatic nitrogens is 20. The van der Waals surface area contributed by atoms with Crippen LogP contribution in [0.4, 0.5) is 114 Å². The molecule has 0 aliphatic heterocycles. The molecular formula is C74H61ClF10N28O2. The van der Waals surface area contributed by atoms with Gasteiger partial charge in [0.05, 0.1) is 44.1 Å². The molecule has 0 spiro atoms. The number of alkyl halides is 6. The second-order valence-corrected chi connectivity index (χ2v) is 24.9. The highest BCUT2D eigenvalue weighted by atomic mass is 35.5. The lowest BCUT2D eigenvalue weighted by molar-refractivity contribution is -0.275. The molecule has 0 fully saturated rings. The normalized spacial score (nSPS) is 11.4. The predicted octanol–water partition coefficient (Wildman–Crippen LogP) is 15.5. The fourth-order valence-corrected chi connectivity index (χ4v) is 11.5. The first kappa shape index (κ1) is 78.4. The van der Waals surface area contributed by atoms with E-state index in [1.807, 2.05) is 52.0 Å². The van der Waals surface area contributed by atoms with Crippen molar-refractivity contribution in [2.45, 2.75) is 66.6 Å². The average Bonchev–Trinajstić information content (AvgIpc) is 1.66. The van der Waals surface area contributed by atoms with E-state index >= 15 is 0 Å². The number of halogens is 11. The van der Waals surface area contributed by atoms with Crippen LogP contribution in [0.25, 0.3) is 67.9 Å². The molecule has 0 unspecified atom stereocenters. The van der Waals surface area contributed by atoms with Gasteiger partial charge in [-0.1, -0.05) is 50.1 Å². The summed E-state index contributed by atoms with van der Waals surface area (Å²) >= 11 is 5.90. The van der Waals surface area contributed by atoms with Crippen molar-refractivity contribution < 1.29 is 53.4 Å². The minimum Gasteiger partial charge on any atom is -0.406 e. The Hall–Kier alpha value is -14.7. The number of imidazole rings is 4.